The highest BCUT2D eigenvalue weighted by atomic mass is 16.4. The van der Waals surface area contributed by atoms with Crippen molar-refractivity contribution in [3.63, 3.8) is 0 Å². The van der Waals surface area contributed by atoms with Gasteiger partial charge in [0.25, 0.3) is 0 Å². The summed E-state index contributed by atoms with van der Waals surface area (Å²) in [5.74, 6) is -1.89. The molecule has 0 atom stereocenters. The van der Waals surface area contributed by atoms with Gasteiger partial charge in [0.2, 0.25) is 0 Å². The average Bonchev–Trinajstić information content (AvgIpc) is 2.77. The van der Waals surface area contributed by atoms with Crippen LogP contribution in [-0.2, 0) is 0 Å². The molecule has 0 radical (unpaired) electrons. The van der Waals surface area contributed by atoms with Crippen LogP contribution in [-0.4, -0.2) is 45.6 Å². The van der Waals surface area contributed by atoms with Crippen LogP contribution >= 0.6 is 0 Å². The van der Waals surface area contributed by atoms with E-state index in [0.29, 0.717) is 11.1 Å². The van der Waals surface area contributed by atoms with Crippen molar-refractivity contribution < 1.29 is 30.0 Å². The van der Waals surface area contributed by atoms with E-state index in [0.717, 1.165) is 5.56 Å². The Balaban J connectivity index is 0.000000219. The molecule has 0 saturated carbocycles. The van der Waals surface area contributed by atoms with E-state index in [-0.39, 0.29) is 19.1 Å². The SMILES string of the molecule is O=C(O)c1ccccc1.O=C(O)c1ccccc1.OCC(CO)c1ccccc1. The summed E-state index contributed by atoms with van der Waals surface area (Å²) in [6.45, 7) is 0.00102. The van der Waals surface area contributed by atoms with Crippen LogP contribution in [0.15, 0.2) is 91.0 Å². The van der Waals surface area contributed by atoms with Gasteiger partial charge in [0.1, 0.15) is 0 Å². The third-order valence-electron chi connectivity index (χ3n) is 3.75. The Hall–Kier alpha value is -3.48. The van der Waals surface area contributed by atoms with Gasteiger partial charge in [0, 0.05) is 5.92 Å². The molecule has 0 aliphatic rings. The smallest absolute Gasteiger partial charge is 0.335 e. The maximum atomic E-state index is 10.2. The number of carboxylic acids is 2. The number of benzene rings is 3. The van der Waals surface area contributed by atoms with Crippen LogP contribution < -0.4 is 0 Å². The molecule has 6 nitrogen and oxygen atoms in total. The van der Waals surface area contributed by atoms with Gasteiger partial charge in [-0.25, -0.2) is 9.59 Å². The van der Waals surface area contributed by atoms with Crippen molar-refractivity contribution in [1.29, 1.82) is 0 Å². The van der Waals surface area contributed by atoms with Gasteiger partial charge >= 0.3 is 11.9 Å². The highest BCUT2D eigenvalue weighted by Gasteiger charge is 2.06. The largest absolute Gasteiger partial charge is 0.478 e. The molecule has 3 aromatic rings. The summed E-state index contributed by atoms with van der Waals surface area (Å²) in [6.07, 6.45) is 0. The van der Waals surface area contributed by atoms with Gasteiger partial charge in [-0.2, -0.15) is 0 Å². The predicted molar refractivity (Wildman–Crippen MR) is 110 cm³/mol. The number of aliphatic hydroxyl groups is 2. The Morgan fingerprint density at radius 1 is 0.586 bits per heavy atom. The first-order valence-electron chi connectivity index (χ1n) is 8.83. The maximum absolute atomic E-state index is 10.2. The van der Waals surface area contributed by atoms with Crippen LogP contribution in [0.4, 0.5) is 0 Å². The summed E-state index contributed by atoms with van der Waals surface area (Å²) in [5.41, 5.74) is 1.65. The van der Waals surface area contributed by atoms with Crippen molar-refractivity contribution in [3.8, 4) is 0 Å². The number of carbonyl (C=O) groups is 2. The summed E-state index contributed by atoms with van der Waals surface area (Å²) in [6, 6.07) is 26.1. The van der Waals surface area contributed by atoms with E-state index >= 15 is 0 Å². The molecule has 152 valence electrons. The first-order chi connectivity index (χ1) is 14.0. The standard InChI is InChI=1S/C9H12O2.2C7H6O2/c10-6-9(7-11)8-4-2-1-3-5-8;2*8-7(9)6-4-2-1-3-5-6/h1-5,9-11H,6-7H2;2*1-5H,(H,8,9). The molecular weight excluding hydrogens is 372 g/mol. The molecular formula is C23H24O6. The fourth-order valence-corrected chi connectivity index (χ4v) is 2.16. The highest BCUT2D eigenvalue weighted by Crippen LogP contribution is 2.12. The Morgan fingerprint density at radius 2 is 0.897 bits per heavy atom. The molecule has 4 N–H and O–H groups in total. The summed E-state index contributed by atoms with van der Waals surface area (Å²) in [7, 11) is 0. The Bertz CT molecular complexity index is 782. The lowest BCUT2D eigenvalue weighted by Crippen LogP contribution is -2.08. The molecule has 0 aromatic heterocycles. The van der Waals surface area contributed by atoms with Gasteiger partial charge in [-0.3, -0.25) is 0 Å². The molecule has 3 aromatic carbocycles. The third-order valence-corrected chi connectivity index (χ3v) is 3.75. The Kier molecular flexibility index (Phi) is 11.1. The molecule has 0 bridgehead atoms. The van der Waals surface area contributed by atoms with Crippen molar-refractivity contribution in [2.24, 2.45) is 0 Å². The van der Waals surface area contributed by atoms with Crippen LogP contribution in [0.5, 0.6) is 0 Å². The second-order valence-corrected chi connectivity index (χ2v) is 5.82. The van der Waals surface area contributed by atoms with E-state index in [1.807, 2.05) is 30.3 Å². The van der Waals surface area contributed by atoms with E-state index in [2.05, 4.69) is 0 Å². The summed E-state index contributed by atoms with van der Waals surface area (Å²) in [5, 5.41) is 34.4. The predicted octanol–water partition coefficient (Wildman–Crippen LogP) is 3.52. The number of aromatic carboxylic acids is 2. The zero-order chi connectivity index (χ0) is 21.5. The number of aliphatic hydroxyl groups excluding tert-OH is 2. The van der Waals surface area contributed by atoms with Crippen molar-refractivity contribution >= 4 is 11.9 Å². The normalized spacial score (nSPS) is 9.48. The second-order valence-electron chi connectivity index (χ2n) is 5.82. The Morgan fingerprint density at radius 3 is 1.14 bits per heavy atom. The van der Waals surface area contributed by atoms with Crippen molar-refractivity contribution in [2.75, 3.05) is 13.2 Å². The molecule has 6 heteroatoms. The van der Waals surface area contributed by atoms with Crippen LogP contribution in [0.2, 0.25) is 0 Å². The van der Waals surface area contributed by atoms with Gasteiger partial charge < -0.3 is 20.4 Å². The van der Waals surface area contributed by atoms with Crippen LogP contribution in [0.3, 0.4) is 0 Å². The first kappa shape index (κ1) is 23.6. The molecule has 0 amide bonds. The molecule has 0 spiro atoms. The minimum absolute atomic E-state index is 0.000509. The lowest BCUT2D eigenvalue weighted by Gasteiger charge is -2.09. The molecule has 0 saturated heterocycles. The van der Waals surface area contributed by atoms with Crippen LogP contribution in [0.25, 0.3) is 0 Å². The van der Waals surface area contributed by atoms with Gasteiger partial charge in [-0.15, -0.1) is 0 Å². The quantitative estimate of drug-likeness (QED) is 0.524. The van der Waals surface area contributed by atoms with Gasteiger partial charge in [-0.1, -0.05) is 66.7 Å². The summed E-state index contributed by atoms with van der Waals surface area (Å²) in [4.78, 5) is 20.4. The monoisotopic (exact) mass is 396 g/mol. The molecule has 0 fully saturated rings. The minimum atomic E-state index is -0.879. The van der Waals surface area contributed by atoms with E-state index in [9.17, 15) is 9.59 Å². The lowest BCUT2D eigenvalue weighted by atomic mass is 10.0. The van der Waals surface area contributed by atoms with Gasteiger partial charge in [0.15, 0.2) is 0 Å². The second kappa shape index (κ2) is 13.7. The third kappa shape index (κ3) is 9.32. The maximum Gasteiger partial charge on any atom is 0.335 e. The number of hydrogen-bond donors (Lipinski definition) is 4. The number of hydrogen-bond acceptors (Lipinski definition) is 4. The van der Waals surface area contributed by atoms with E-state index < -0.39 is 11.9 Å². The van der Waals surface area contributed by atoms with E-state index in [4.69, 9.17) is 20.4 Å². The van der Waals surface area contributed by atoms with Crippen molar-refractivity contribution in [2.45, 2.75) is 5.92 Å². The number of rotatable bonds is 5. The lowest BCUT2D eigenvalue weighted by molar-refractivity contribution is 0.0686. The molecule has 29 heavy (non-hydrogen) atoms. The zero-order valence-corrected chi connectivity index (χ0v) is 15.8. The first-order valence-corrected chi connectivity index (χ1v) is 8.83. The topological polar surface area (TPSA) is 115 Å². The zero-order valence-electron chi connectivity index (χ0n) is 15.8. The van der Waals surface area contributed by atoms with Crippen LogP contribution in [0.1, 0.15) is 32.2 Å². The fraction of sp³-hybridized carbons (Fsp3) is 0.130. The average molecular weight is 396 g/mol. The van der Waals surface area contributed by atoms with Crippen molar-refractivity contribution in [3.05, 3.63) is 108 Å². The van der Waals surface area contributed by atoms with Crippen LogP contribution in [0, 0.1) is 0 Å². The fourth-order valence-electron chi connectivity index (χ4n) is 2.16. The van der Waals surface area contributed by atoms with E-state index in [1.165, 1.54) is 0 Å². The highest BCUT2D eigenvalue weighted by molar-refractivity contribution is 5.87. The number of carboxylic acid groups (broad SMARTS) is 2. The molecule has 0 aliphatic carbocycles. The van der Waals surface area contributed by atoms with Gasteiger partial charge in [-0.05, 0) is 29.8 Å². The molecule has 0 heterocycles. The summed E-state index contributed by atoms with van der Waals surface area (Å²) >= 11 is 0. The van der Waals surface area contributed by atoms with E-state index in [1.54, 1.807) is 60.7 Å². The summed E-state index contributed by atoms with van der Waals surface area (Å²) < 4.78 is 0. The molecule has 0 unspecified atom stereocenters. The minimum Gasteiger partial charge on any atom is -0.478 e. The Labute approximate surface area is 169 Å². The molecule has 3 rings (SSSR count). The molecule has 0 aliphatic heterocycles. The van der Waals surface area contributed by atoms with Crippen molar-refractivity contribution in [1.82, 2.24) is 0 Å². The van der Waals surface area contributed by atoms with Gasteiger partial charge in [0.05, 0.1) is 24.3 Å².